The number of aromatic nitrogens is 1. The number of amides is 1. The quantitative estimate of drug-likeness (QED) is 0.866. The summed E-state index contributed by atoms with van der Waals surface area (Å²) in [5.74, 6) is 0.358. The number of pyridine rings is 1. The number of ether oxygens (including phenoxy) is 1. The summed E-state index contributed by atoms with van der Waals surface area (Å²) in [6.45, 7) is 0. The number of anilines is 1. The Morgan fingerprint density at radius 2 is 2.17 bits per heavy atom. The number of carbonyl (C=O) groups excluding carboxylic acids is 1. The Bertz CT molecular complexity index is 555. The minimum Gasteiger partial charge on any atom is -0.507 e. The SMILES string of the molecule is COc1ccc(C(=O)Nc2ccccn2)c(O)c1. The van der Waals surface area contributed by atoms with Crippen molar-refractivity contribution in [2.24, 2.45) is 0 Å². The molecule has 0 saturated carbocycles. The Balaban J connectivity index is 2.19. The van der Waals surface area contributed by atoms with Crippen LogP contribution in [0.4, 0.5) is 5.82 Å². The van der Waals surface area contributed by atoms with Gasteiger partial charge in [0.2, 0.25) is 0 Å². The Labute approximate surface area is 104 Å². The summed E-state index contributed by atoms with van der Waals surface area (Å²) in [4.78, 5) is 15.9. The van der Waals surface area contributed by atoms with Crippen LogP contribution in [-0.4, -0.2) is 23.1 Å². The van der Waals surface area contributed by atoms with Crippen LogP contribution < -0.4 is 10.1 Å². The first-order chi connectivity index (χ1) is 8.70. The summed E-state index contributed by atoms with van der Waals surface area (Å²) in [5.41, 5.74) is 0.168. The number of rotatable bonds is 3. The summed E-state index contributed by atoms with van der Waals surface area (Å²) >= 11 is 0. The van der Waals surface area contributed by atoms with E-state index in [9.17, 15) is 9.90 Å². The van der Waals surface area contributed by atoms with Crippen molar-refractivity contribution in [2.45, 2.75) is 0 Å². The first kappa shape index (κ1) is 11.9. The van der Waals surface area contributed by atoms with E-state index in [4.69, 9.17) is 4.74 Å². The lowest BCUT2D eigenvalue weighted by Gasteiger charge is -2.07. The molecule has 0 aliphatic carbocycles. The minimum atomic E-state index is -0.422. The Morgan fingerprint density at radius 1 is 1.33 bits per heavy atom. The lowest BCUT2D eigenvalue weighted by atomic mass is 10.2. The van der Waals surface area contributed by atoms with Gasteiger partial charge in [0.1, 0.15) is 17.3 Å². The Hall–Kier alpha value is -2.56. The van der Waals surface area contributed by atoms with Crippen LogP contribution >= 0.6 is 0 Å². The minimum absolute atomic E-state index is 0.136. The van der Waals surface area contributed by atoms with Gasteiger partial charge in [-0.3, -0.25) is 4.79 Å². The Morgan fingerprint density at radius 3 is 2.78 bits per heavy atom. The van der Waals surface area contributed by atoms with Gasteiger partial charge >= 0.3 is 0 Å². The van der Waals surface area contributed by atoms with Crippen molar-refractivity contribution in [2.75, 3.05) is 12.4 Å². The average Bonchev–Trinajstić information content (AvgIpc) is 2.39. The predicted molar refractivity (Wildman–Crippen MR) is 66.8 cm³/mol. The normalized spacial score (nSPS) is 9.83. The molecule has 0 fully saturated rings. The van der Waals surface area contributed by atoms with E-state index in [0.29, 0.717) is 11.6 Å². The van der Waals surface area contributed by atoms with Gasteiger partial charge in [0.25, 0.3) is 5.91 Å². The van der Waals surface area contributed by atoms with Crippen molar-refractivity contribution >= 4 is 11.7 Å². The maximum atomic E-state index is 11.9. The van der Waals surface area contributed by atoms with E-state index in [1.807, 2.05) is 0 Å². The number of phenolic OH excluding ortho intramolecular Hbond substituents is 1. The third-order valence-electron chi connectivity index (χ3n) is 2.36. The number of phenols is 1. The zero-order valence-corrected chi connectivity index (χ0v) is 9.75. The molecule has 0 saturated heterocycles. The zero-order valence-electron chi connectivity index (χ0n) is 9.75. The van der Waals surface area contributed by atoms with E-state index < -0.39 is 5.91 Å². The first-order valence-electron chi connectivity index (χ1n) is 5.30. The molecule has 0 unspecified atom stereocenters. The van der Waals surface area contributed by atoms with E-state index in [2.05, 4.69) is 10.3 Å². The fraction of sp³-hybridized carbons (Fsp3) is 0.0769. The molecular formula is C13H12N2O3. The molecule has 2 N–H and O–H groups in total. The average molecular weight is 244 g/mol. The molecule has 0 aliphatic heterocycles. The highest BCUT2D eigenvalue weighted by atomic mass is 16.5. The number of benzene rings is 1. The van der Waals surface area contributed by atoms with Crippen molar-refractivity contribution in [3.63, 3.8) is 0 Å². The van der Waals surface area contributed by atoms with Crippen LogP contribution in [0, 0.1) is 0 Å². The molecule has 1 aromatic heterocycles. The standard InChI is InChI=1S/C13H12N2O3/c1-18-9-5-6-10(11(16)8-9)13(17)15-12-4-2-3-7-14-12/h2-8,16H,1H3,(H,14,15,17). The van der Waals surface area contributed by atoms with Crippen LogP contribution in [0.25, 0.3) is 0 Å². The molecule has 1 aromatic carbocycles. The van der Waals surface area contributed by atoms with Gasteiger partial charge in [-0.2, -0.15) is 0 Å². The highest BCUT2D eigenvalue weighted by Gasteiger charge is 2.12. The molecule has 0 atom stereocenters. The number of hydrogen-bond donors (Lipinski definition) is 2. The maximum absolute atomic E-state index is 11.9. The molecule has 2 aromatic rings. The summed E-state index contributed by atoms with van der Waals surface area (Å²) in [6.07, 6.45) is 1.57. The molecule has 0 spiro atoms. The summed E-state index contributed by atoms with van der Waals surface area (Å²) in [7, 11) is 1.49. The van der Waals surface area contributed by atoms with Crippen molar-refractivity contribution in [1.82, 2.24) is 4.98 Å². The number of hydrogen-bond acceptors (Lipinski definition) is 4. The van der Waals surface area contributed by atoms with Crippen LogP contribution in [0.15, 0.2) is 42.6 Å². The number of nitrogens with zero attached hydrogens (tertiary/aromatic N) is 1. The molecule has 1 amide bonds. The lowest BCUT2D eigenvalue weighted by molar-refractivity contribution is 0.102. The molecule has 18 heavy (non-hydrogen) atoms. The van der Waals surface area contributed by atoms with Gasteiger partial charge in [-0.05, 0) is 24.3 Å². The Kier molecular flexibility index (Phi) is 3.43. The van der Waals surface area contributed by atoms with Gasteiger partial charge in [-0.25, -0.2) is 4.98 Å². The van der Waals surface area contributed by atoms with E-state index in [0.717, 1.165) is 0 Å². The second-order valence-electron chi connectivity index (χ2n) is 3.55. The van der Waals surface area contributed by atoms with Crippen LogP contribution in [0.5, 0.6) is 11.5 Å². The molecule has 2 rings (SSSR count). The number of aromatic hydroxyl groups is 1. The van der Waals surface area contributed by atoms with Crippen molar-refractivity contribution in [3.05, 3.63) is 48.2 Å². The van der Waals surface area contributed by atoms with Crippen molar-refractivity contribution in [3.8, 4) is 11.5 Å². The largest absolute Gasteiger partial charge is 0.507 e. The summed E-state index contributed by atoms with van der Waals surface area (Å²) < 4.78 is 4.94. The van der Waals surface area contributed by atoms with Gasteiger partial charge in [-0.15, -0.1) is 0 Å². The highest BCUT2D eigenvalue weighted by Crippen LogP contribution is 2.23. The molecule has 92 valence electrons. The summed E-state index contributed by atoms with van der Waals surface area (Å²) in [6, 6.07) is 9.66. The van der Waals surface area contributed by atoms with Gasteiger partial charge in [0, 0.05) is 12.3 Å². The first-order valence-corrected chi connectivity index (χ1v) is 5.30. The number of nitrogens with one attached hydrogen (secondary N) is 1. The van der Waals surface area contributed by atoms with Gasteiger partial charge in [0.15, 0.2) is 0 Å². The molecule has 0 radical (unpaired) electrons. The van der Waals surface area contributed by atoms with Gasteiger partial charge in [0.05, 0.1) is 12.7 Å². The third kappa shape index (κ3) is 2.57. The highest BCUT2D eigenvalue weighted by molar-refractivity contribution is 6.05. The fourth-order valence-electron chi connectivity index (χ4n) is 1.45. The number of carbonyl (C=O) groups is 1. The lowest BCUT2D eigenvalue weighted by Crippen LogP contribution is -2.12. The molecule has 5 nitrogen and oxygen atoms in total. The summed E-state index contributed by atoms with van der Waals surface area (Å²) in [5, 5.41) is 12.3. The smallest absolute Gasteiger partial charge is 0.260 e. The molecule has 1 heterocycles. The molecule has 5 heteroatoms. The number of methoxy groups -OCH3 is 1. The molecular weight excluding hydrogens is 232 g/mol. The maximum Gasteiger partial charge on any atom is 0.260 e. The third-order valence-corrected chi connectivity index (χ3v) is 2.36. The molecule has 0 bridgehead atoms. The van der Waals surface area contributed by atoms with Gasteiger partial charge in [-0.1, -0.05) is 6.07 Å². The predicted octanol–water partition coefficient (Wildman–Crippen LogP) is 2.05. The van der Waals surface area contributed by atoms with Crippen LogP contribution in [0.3, 0.4) is 0 Å². The fourth-order valence-corrected chi connectivity index (χ4v) is 1.45. The van der Waals surface area contributed by atoms with E-state index in [1.165, 1.54) is 19.2 Å². The van der Waals surface area contributed by atoms with Crippen LogP contribution in [-0.2, 0) is 0 Å². The van der Waals surface area contributed by atoms with E-state index in [1.54, 1.807) is 30.5 Å². The second kappa shape index (κ2) is 5.18. The van der Waals surface area contributed by atoms with Crippen LogP contribution in [0.2, 0.25) is 0 Å². The van der Waals surface area contributed by atoms with Crippen molar-refractivity contribution < 1.29 is 14.6 Å². The zero-order chi connectivity index (χ0) is 13.0. The van der Waals surface area contributed by atoms with Gasteiger partial charge < -0.3 is 15.2 Å². The monoisotopic (exact) mass is 244 g/mol. The topological polar surface area (TPSA) is 71.5 Å². The van der Waals surface area contributed by atoms with Crippen molar-refractivity contribution in [1.29, 1.82) is 0 Å². The molecule has 0 aliphatic rings. The second-order valence-corrected chi connectivity index (χ2v) is 3.55. The van der Waals surface area contributed by atoms with E-state index >= 15 is 0 Å². The van der Waals surface area contributed by atoms with E-state index in [-0.39, 0.29) is 11.3 Å². The van der Waals surface area contributed by atoms with Crippen LogP contribution in [0.1, 0.15) is 10.4 Å².